The summed E-state index contributed by atoms with van der Waals surface area (Å²) in [6.07, 6.45) is 1.81. The largest absolute Gasteiger partial charge is 0.507 e. The number of piperazine rings is 1. The lowest BCUT2D eigenvalue weighted by atomic mass is 10.0. The van der Waals surface area contributed by atoms with Crippen molar-refractivity contribution in [2.24, 2.45) is 0 Å². The summed E-state index contributed by atoms with van der Waals surface area (Å²) in [7, 11) is 0. The fraction of sp³-hybridized carbons (Fsp3) is 0.385. The van der Waals surface area contributed by atoms with Crippen LogP contribution in [-0.2, 0) is 0 Å². The second-order valence-corrected chi connectivity index (χ2v) is 5.13. The molecule has 1 aliphatic heterocycles. The molecule has 0 unspecified atom stereocenters. The number of nitrogens with zero attached hydrogens (tertiary/aromatic N) is 1. The first-order valence-corrected chi connectivity index (χ1v) is 6.64. The lowest BCUT2D eigenvalue weighted by Crippen LogP contribution is -2.44. The van der Waals surface area contributed by atoms with E-state index in [1.54, 1.807) is 12.1 Å². The summed E-state index contributed by atoms with van der Waals surface area (Å²) < 4.78 is 0. The van der Waals surface area contributed by atoms with Gasteiger partial charge >= 0.3 is 0 Å². The molecule has 3 nitrogen and oxygen atoms in total. The highest BCUT2D eigenvalue weighted by Crippen LogP contribution is 2.37. The maximum Gasteiger partial charge on any atom is 0.123 e. The molecule has 7 heteroatoms. The number of rotatable bonds is 3. The second kappa shape index (κ2) is 8.98. The van der Waals surface area contributed by atoms with Crippen LogP contribution in [0.4, 0.5) is 0 Å². The van der Waals surface area contributed by atoms with Gasteiger partial charge in [-0.1, -0.05) is 29.3 Å². The standard InChI is InChI=1S/C13H16Cl2N2O.2ClH/c1-2-11(17-5-3-16-4-6-17)13-10(15)7-9(14)8-12(13)18;;/h2,7-8,11,16,18H,1,3-6H2;2*1H/t11-;;/m1../s1. The fourth-order valence-electron chi connectivity index (χ4n) is 2.27. The summed E-state index contributed by atoms with van der Waals surface area (Å²) in [5.74, 6) is 0.121. The maximum atomic E-state index is 10.0. The molecule has 2 rings (SSSR count). The van der Waals surface area contributed by atoms with E-state index < -0.39 is 0 Å². The van der Waals surface area contributed by atoms with Crippen LogP contribution in [0.15, 0.2) is 24.8 Å². The molecule has 0 aliphatic carbocycles. The zero-order valence-electron chi connectivity index (χ0n) is 10.8. The molecule has 1 heterocycles. The smallest absolute Gasteiger partial charge is 0.123 e. The van der Waals surface area contributed by atoms with Crippen LogP contribution in [0.5, 0.6) is 5.75 Å². The summed E-state index contributed by atoms with van der Waals surface area (Å²) in [4.78, 5) is 2.23. The van der Waals surface area contributed by atoms with Crippen molar-refractivity contribution in [3.8, 4) is 5.75 Å². The minimum absolute atomic E-state index is 0. The predicted molar refractivity (Wildman–Crippen MR) is 90.0 cm³/mol. The van der Waals surface area contributed by atoms with Gasteiger partial charge in [0, 0.05) is 36.8 Å². The van der Waals surface area contributed by atoms with Gasteiger partial charge in [0.25, 0.3) is 0 Å². The monoisotopic (exact) mass is 358 g/mol. The van der Waals surface area contributed by atoms with Crippen LogP contribution in [0.1, 0.15) is 11.6 Å². The summed E-state index contributed by atoms with van der Waals surface area (Å²) in [5.41, 5.74) is 0.679. The Balaban J connectivity index is 0.00000180. The van der Waals surface area contributed by atoms with E-state index in [4.69, 9.17) is 23.2 Å². The fourth-order valence-corrected chi connectivity index (χ4v) is 2.87. The third kappa shape index (κ3) is 4.42. The molecule has 0 amide bonds. The lowest BCUT2D eigenvalue weighted by Gasteiger charge is -2.34. The zero-order valence-corrected chi connectivity index (χ0v) is 14.0. The summed E-state index contributed by atoms with van der Waals surface area (Å²) in [5, 5.41) is 14.2. The molecule has 2 N–H and O–H groups in total. The molecular weight excluding hydrogens is 342 g/mol. The number of benzene rings is 1. The molecule has 1 aliphatic rings. The molecule has 1 aromatic carbocycles. The molecular formula is C13H18Cl4N2O. The minimum Gasteiger partial charge on any atom is -0.507 e. The van der Waals surface area contributed by atoms with Crippen molar-refractivity contribution in [2.75, 3.05) is 26.2 Å². The molecule has 114 valence electrons. The molecule has 20 heavy (non-hydrogen) atoms. The highest BCUT2D eigenvalue weighted by Gasteiger charge is 2.24. The SMILES string of the molecule is C=C[C@H](c1c(O)cc(Cl)cc1Cl)N1CCNCC1.Cl.Cl. The topological polar surface area (TPSA) is 35.5 Å². The Morgan fingerprint density at radius 2 is 1.85 bits per heavy atom. The molecule has 1 fully saturated rings. The van der Waals surface area contributed by atoms with E-state index in [-0.39, 0.29) is 36.6 Å². The Bertz CT molecular complexity index is 427. The zero-order chi connectivity index (χ0) is 13.1. The van der Waals surface area contributed by atoms with Gasteiger partial charge < -0.3 is 10.4 Å². The van der Waals surface area contributed by atoms with E-state index in [9.17, 15) is 5.11 Å². The van der Waals surface area contributed by atoms with Gasteiger partial charge in [0.1, 0.15) is 5.75 Å². The molecule has 1 aromatic rings. The Labute approximate surface area is 141 Å². The first-order valence-electron chi connectivity index (χ1n) is 5.88. The first-order chi connectivity index (χ1) is 8.63. The van der Waals surface area contributed by atoms with Gasteiger partial charge in [-0.15, -0.1) is 31.4 Å². The third-order valence-corrected chi connectivity index (χ3v) is 3.67. The normalized spacial score (nSPS) is 16.7. The van der Waals surface area contributed by atoms with Crippen molar-refractivity contribution >= 4 is 48.0 Å². The van der Waals surface area contributed by atoms with Crippen LogP contribution in [0.2, 0.25) is 10.0 Å². The number of hydrogen-bond donors (Lipinski definition) is 2. The van der Waals surface area contributed by atoms with Crippen molar-refractivity contribution in [1.29, 1.82) is 0 Å². The van der Waals surface area contributed by atoms with Gasteiger partial charge in [-0.2, -0.15) is 0 Å². The van der Waals surface area contributed by atoms with Crippen LogP contribution in [0, 0.1) is 0 Å². The number of phenolic OH excluding ortho intramolecular Hbond substituents is 1. The molecule has 1 atom stereocenters. The number of halogens is 4. The lowest BCUT2D eigenvalue weighted by molar-refractivity contribution is 0.201. The minimum atomic E-state index is -0.0862. The van der Waals surface area contributed by atoms with Crippen LogP contribution in [0.3, 0.4) is 0 Å². The molecule has 0 aromatic heterocycles. The number of nitrogens with one attached hydrogen (secondary N) is 1. The number of phenols is 1. The van der Waals surface area contributed by atoms with Crippen LogP contribution >= 0.6 is 48.0 Å². The Morgan fingerprint density at radius 1 is 1.25 bits per heavy atom. The Morgan fingerprint density at radius 3 is 2.35 bits per heavy atom. The highest BCUT2D eigenvalue weighted by molar-refractivity contribution is 6.35. The van der Waals surface area contributed by atoms with Crippen molar-refractivity contribution < 1.29 is 5.11 Å². The van der Waals surface area contributed by atoms with Crippen LogP contribution in [0.25, 0.3) is 0 Å². The molecule has 0 radical (unpaired) electrons. The van der Waals surface area contributed by atoms with E-state index in [1.165, 1.54) is 6.07 Å². The highest BCUT2D eigenvalue weighted by atomic mass is 35.5. The van der Waals surface area contributed by atoms with E-state index in [2.05, 4.69) is 16.8 Å². The van der Waals surface area contributed by atoms with Crippen LogP contribution in [-0.4, -0.2) is 36.2 Å². The summed E-state index contributed by atoms with van der Waals surface area (Å²) in [6, 6.07) is 3.08. The van der Waals surface area contributed by atoms with E-state index in [0.29, 0.717) is 15.6 Å². The van der Waals surface area contributed by atoms with Crippen LogP contribution < -0.4 is 5.32 Å². The average Bonchev–Trinajstić information content (AvgIpc) is 2.34. The number of hydrogen-bond acceptors (Lipinski definition) is 3. The van der Waals surface area contributed by atoms with Crippen molar-refractivity contribution in [3.05, 3.63) is 40.4 Å². The Kier molecular flexibility index (Phi) is 8.91. The molecule has 0 bridgehead atoms. The summed E-state index contributed by atoms with van der Waals surface area (Å²) >= 11 is 12.1. The van der Waals surface area contributed by atoms with Crippen molar-refractivity contribution in [2.45, 2.75) is 6.04 Å². The van der Waals surface area contributed by atoms with Gasteiger partial charge in [-0.05, 0) is 12.1 Å². The van der Waals surface area contributed by atoms with Crippen molar-refractivity contribution in [1.82, 2.24) is 10.2 Å². The Hall–Kier alpha value is -0.160. The summed E-state index contributed by atoms with van der Waals surface area (Å²) in [6.45, 7) is 7.50. The predicted octanol–water partition coefficient (Wildman–Crippen LogP) is 3.67. The quantitative estimate of drug-likeness (QED) is 0.808. The first kappa shape index (κ1) is 19.8. The van der Waals surface area contributed by atoms with E-state index in [0.717, 1.165) is 26.2 Å². The molecule has 1 saturated heterocycles. The van der Waals surface area contributed by atoms with Gasteiger partial charge in [0.15, 0.2) is 0 Å². The van der Waals surface area contributed by atoms with Gasteiger partial charge in [-0.25, -0.2) is 0 Å². The average molecular weight is 360 g/mol. The van der Waals surface area contributed by atoms with Gasteiger partial charge in [0.05, 0.1) is 11.1 Å². The van der Waals surface area contributed by atoms with Crippen molar-refractivity contribution in [3.63, 3.8) is 0 Å². The van der Waals surface area contributed by atoms with E-state index in [1.807, 2.05) is 0 Å². The maximum absolute atomic E-state index is 10.0. The van der Waals surface area contributed by atoms with E-state index >= 15 is 0 Å². The van der Waals surface area contributed by atoms with Gasteiger partial charge in [-0.3, -0.25) is 4.90 Å². The number of aromatic hydroxyl groups is 1. The third-order valence-electron chi connectivity index (χ3n) is 3.14. The molecule has 0 spiro atoms. The van der Waals surface area contributed by atoms with Gasteiger partial charge in [0.2, 0.25) is 0 Å². The molecule has 0 saturated carbocycles. The second-order valence-electron chi connectivity index (χ2n) is 4.29.